The van der Waals surface area contributed by atoms with Crippen molar-refractivity contribution in [1.29, 1.82) is 0 Å². The van der Waals surface area contributed by atoms with Crippen LogP contribution in [0.5, 0.6) is 0 Å². The van der Waals surface area contributed by atoms with Crippen LogP contribution in [0.1, 0.15) is 43.1 Å². The minimum atomic E-state index is -0.462. The molecule has 6 nitrogen and oxygen atoms in total. The van der Waals surface area contributed by atoms with E-state index in [4.69, 9.17) is 4.74 Å². The van der Waals surface area contributed by atoms with Crippen LogP contribution in [0.3, 0.4) is 0 Å². The fourth-order valence-corrected chi connectivity index (χ4v) is 3.79. The largest absolute Gasteiger partial charge is 0.444 e. The van der Waals surface area contributed by atoms with E-state index in [9.17, 15) is 9.59 Å². The molecule has 0 saturated carbocycles. The summed E-state index contributed by atoms with van der Waals surface area (Å²) in [4.78, 5) is 25.7. The molecule has 1 aliphatic carbocycles. The zero-order valence-corrected chi connectivity index (χ0v) is 16.1. The fraction of sp³-hybridized carbons (Fsp3) is 0.476. The molecule has 0 bridgehead atoms. The van der Waals surface area contributed by atoms with E-state index < -0.39 is 5.60 Å². The minimum Gasteiger partial charge on any atom is -0.444 e. The number of hydrogen-bond acceptors (Lipinski definition) is 4. The molecule has 142 valence electrons. The van der Waals surface area contributed by atoms with Gasteiger partial charge in [0, 0.05) is 49.3 Å². The zero-order valence-electron chi connectivity index (χ0n) is 16.1. The van der Waals surface area contributed by atoms with E-state index in [-0.39, 0.29) is 11.9 Å². The molecule has 6 heteroatoms. The molecule has 1 saturated heterocycles. The normalized spacial score (nSPS) is 17.0. The number of nitrogens with zero attached hydrogens (tertiary/aromatic N) is 3. The van der Waals surface area contributed by atoms with E-state index in [1.54, 1.807) is 4.90 Å². The van der Waals surface area contributed by atoms with E-state index in [0.29, 0.717) is 25.4 Å². The van der Waals surface area contributed by atoms with Crippen LogP contribution < -0.4 is 0 Å². The van der Waals surface area contributed by atoms with Gasteiger partial charge in [0.25, 0.3) is 0 Å². The lowest BCUT2D eigenvalue weighted by molar-refractivity contribution is -0.00384. The molecular formula is C21H25N3O3. The summed E-state index contributed by atoms with van der Waals surface area (Å²) in [6, 6.07) is 5.92. The van der Waals surface area contributed by atoms with Gasteiger partial charge in [-0.2, -0.15) is 5.10 Å². The molecule has 0 spiro atoms. The van der Waals surface area contributed by atoms with Gasteiger partial charge in [-0.1, -0.05) is 18.2 Å². The van der Waals surface area contributed by atoms with Gasteiger partial charge in [-0.3, -0.25) is 9.48 Å². The van der Waals surface area contributed by atoms with Crippen LogP contribution in [0.2, 0.25) is 0 Å². The second kappa shape index (κ2) is 6.51. The van der Waals surface area contributed by atoms with Crippen molar-refractivity contribution in [2.45, 2.75) is 45.8 Å². The average molecular weight is 367 g/mol. The van der Waals surface area contributed by atoms with Crippen LogP contribution in [-0.2, 0) is 17.7 Å². The number of fused-ring (bicyclic) bond motifs is 1. The first-order valence-electron chi connectivity index (χ1n) is 9.46. The summed E-state index contributed by atoms with van der Waals surface area (Å²) in [5, 5.41) is 4.49. The number of ether oxygens (including phenoxy) is 1. The molecule has 0 radical (unpaired) electrons. The minimum absolute atomic E-state index is 0.232. The number of amides is 1. The van der Waals surface area contributed by atoms with Crippen molar-refractivity contribution in [2.24, 2.45) is 5.92 Å². The van der Waals surface area contributed by atoms with Gasteiger partial charge in [0.1, 0.15) is 5.60 Å². The highest BCUT2D eigenvalue weighted by molar-refractivity contribution is 6.02. The molecule has 27 heavy (non-hydrogen) atoms. The molecule has 1 fully saturated rings. The molecule has 1 aromatic heterocycles. The van der Waals surface area contributed by atoms with E-state index in [2.05, 4.69) is 11.2 Å². The Balaban J connectivity index is 1.38. The summed E-state index contributed by atoms with van der Waals surface area (Å²) < 4.78 is 7.32. The Morgan fingerprint density at radius 1 is 1.22 bits per heavy atom. The van der Waals surface area contributed by atoms with Gasteiger partial charge in [-0.05, 0) is 38.3 Å². The van der Waals surface area contributed by atoms with Crippen molar-refractivity contribution < 1.29 is 14.3 Å². The molecule has 0 unspecified atom stereocenters. The third-order valence-electron chi connectivity index (χ3n) is 5.08. The van der Waals surface area contributed by atoms with Gasteiger partial charge in [-0.25, -0.2) is 4.79 Å². The molecule has 2 aliphatic rings. The average Bonchev–Trinajstić information content (AvgIpc) is 3.16. The molecule has 2 aromatic rings. The lowest BCUT2D eigenvalue weighted by Crippen LogP contribution is -2.52. The van der Waals surface area contributed by atoms with Crippen molar-refractivity contribution in [3.05, 3.63) is 41.7 Å². The van der Waals surface area contributed by atoms with Crippen LogP contribution in [0, 0.1) is 5.92 Å². The first-order chi connectivity index (χ1) is 12.8. The molecular weight excluding hydrogens is 342 g/mol. The molecule has 4 rings (SSSR count). The van der Waals surface area contributed by atoms with Crippen LogP contribution in [0.4, 0.5) is 4.79 Å². The Morgan fingerprint density at radius 2 is 1.96 bits per heavy atom. The third-order valence-corrected chi connectivity index (χ3v) is 5.08. The Labute approximate surface area is 159 Å². The fourth-order valence-electron chi connectivity index (χ4n) is 3.79. The SMILES string of the molecule is CC(C)(C)OC(=O)N1CC(Cn2cc(-c3cccc4c3CCC4=O)cn2)C1. The number of rotatable bonds is 3. The summed E-state index contributed by atoms with van der Waals surface area (Å²) in [5.74, 6) is 0.615. The second-order valence-electron chi connectivity index (χ2n) is 8.46. The Bertz CT molecular complexity index is 888. The van der Waals surface area contributed by atoms with Crippen LogP contribution in [-0.4, -0.2) is 45.2 Å². The van der Waals surface area contributed by atoms with Crippen molar-refractivity contribution in [2.75, 3.05) is 13.1 Å². The molecule has 0 atom stereocenters. The summed E-state index contributed by atoms with van der Waals surface area (Å²) in [5.41, 5.74) is 3.68. The Hall–Kier alpha value is -2.63. The number of Topliss-reactive ketones (excluding diaryl/α,β-unsaturated/α-hetero) is 1. The maximum atomic E-state index is 12.0. The number of ketones is 1. The topological polar surface area (TPSA) is 64.4 Å². The van der Waals surface area contributed by atoms with Gasteiger partial charge in [0.05, 0.1) is 6.20 Å². The highest BCUT2D eigenvalue weighted by Gasteiger charge is 2.34. The summed E-state index contributed by atoms with van der Waals surface area (Å²) >= 11 is 0. The molecule has 2 heterocycles. The van der Waals surface area contributed by atoms with Gasteiger partial charge in [-0.15, -0.1) is 0 Å². The van der Waals surface area contributed by atoms with Crippen molar-refractivity contribution in [3.63, 3.8) is 0 Å². The highest BCUT2D eigenvalue weighted by atomic mass is 16.6. The molecule has 1 aliphatic heterocycles. The second-order valence-corrected chi connectivity index (χ2v) is 8.46. The third kappa shape index (κ3) is 3.61. The van der Waals surface area contributed by atoms with Crippen LogP contribution >= 0.6 is 0 Å². The predicted octanol–water partition coefficient (Wildman–Crippen LogP) is 3.55. The number of aromatic nitrogens is 2. The number of carbonyl (C=O) groups is 2. The van der Waals surface area contributed by atoms with Gasteiger partial charge < -0.3 is 9.64 Å². The first kappa shape index (κ1) is 17.8. The van der Waals surface area contributed by atoms with Crippen LogP contribution in [0.25, 0.3) is 11.1 Å². The quantitative estimate of drug-likeness (QED) is 0.832. The van der Waals surface area contributed by atoms with E-state index in [1.807, 2.05) is 50.0 Å². The standard InChI is InChI=1S/C21H25N3O3/c1-21(2,3)27-20(26)23-10-14(11-23)12-24-13-15(9-22-24)16-5-4-6-18-17(16)7-8-19(18)25/h4-6,9,13-14H,7-8,10-12H2,1-3H3. The highest BCUT2D eigenvalue weighted by Crippen LogP contribution is 2.32. The number of carbonyl (C=O) groups excluding carboxylic acids is 2. The maximum Gasteiger partial charge on any atom is 0.410 e. The van der Waals surface area contributed by atoms with Gasteiger partial charge in [0.2, 0.25) is 0 Å². The summed E-state index contributed by atoms with van der Waals surface area (Å²) in [6.07, 6.45) is 5.06. The molecule has 1 amide bonds. The van der Waals surface area contributed by atoms with E-state index >= 15 is 0 Å². The van der Waals surface area contributed by atoms with E-state index in [0.717, 1.165) is 35.2 Å². The Kier molecular flexibility index (Phi) is 4.29. The van der Waals surface area contributed by atoms with Crippen LogP contribution in [0.15, 0.2) is 30.6 Å². The van der Waals surface area contributed by atoms with Crippen molar-refractivity contribution in [1.82, 2.24) is 14.7 Å². The maximum absolute atomic E-state index is 12.0. The monoisotopic (exact) mass is 367 g/mol. The number of benzene rings is 1. The Morgan fingerprint density at radius 3 is 2.70 bits per heavy atom. The zero-order chi connectivity index (χ0) is 19.2. The summed E-state index contributed by atoms with van der Waals surface area (Å²) in [7, 11) is 0. The smallest absolute Gasteiger partial charge is 0.410 e. The lowest BCUT2D eigenvalue weighted by Gasteiger charge is -2.39. The summed E-state index contributed by atoms with van der Waals surface area (Å²) in [6.45, 7) is 7.79. The number of hydrogen-bond donors (Lipinski definition) is 0. The predicted molar refractivity (Wildman–Crippen MR) is 102 cm³/mol. The van der Waals surface area contributed by atoms with Gasteiger partial charge in [0.15, 0.2) is 5.78 Å². The first-order valence-corrected chi connectivity index (χ1v) is 9.46. The van der Waals surface area contributed by atoms with Crippen molar-refractivity contribution >= 4 is 11.9 Å². The van der Waals surface area contributed by atoms with Crippen molar-refractivity contribution in [3.8, 4) is 11.1 Å². The molecule has 0 N–H and O–H groups in total. The lowest BCUT2D eigenvalue weighted by atomic mass is 9.99. The number of likely N-dealkylation sites (tertiary alicyclic amines) is 1. The van der Waals surface area contributed by atoms with Gasteiger partial charge >= 0.3 is 6.09 Å². The molecule has 1 aromatic carbocycles. The van der Waals surface area contributed by atoms with E-state index in [1.165, 1.54) is 0 Å².